The van der Waals surface area contributed by atoms with E-state index in [1.165, 1.54) is 13.0 Å². The van der Waals surface area contributed by atoms with Gasteiger partial charge >= 0.3 is 5.97 Å². The van der Waals surface area contributed by atoms with Crippen molar-refractivity contribution in [2.24, 2.45) is 0 Å². The number of aromatic carboxylic acids is 1. The zero-order valence-corrected chi connectivity index (χ0v) is 10.5. The largest absolute Gasteiger partial charge is 0.478 e. The van der Waals surface area contributed by atoms with Gasteiger partial charge in [0.25, 0.3) is 5.91 Å². The quantitative estimate of drug-likeness (QED) is 0.644. The van der Waals surface area contributed by atoms with E-state index in [4.69, 9.17) is 5.11 Å². The average molecular weight is 329 g/mol. The minimum Gasteiger partial charge on any atom is -0.478 e. The summed E-state index contributed by atoms with van der Waals surface area (Å²) >= 11 is 2.00. The van der Waals surface area contributed by atoms with Gasteiger partial charge in [0.15, 0.2) is 0 Å². The van der Waals surface area contributed by atoms with Crippen molar-refractivity contribution < 1.29 is 14.7 Å². The summed E-state index contributed by atoms with van der Waals surface area (Å²) in [4.78, 5) is 22.1. The van der Waals surface area contributed by atoms with Crippen molar-refractivity contribution in [2.45, 2.75) is 6.92 Å². The first-order chi connectivity index (χ1) is 7.54. The number of halogens is 1. The number of carbonyl (C=O) groups is 2. The Balaban J connectivity index is 3.07. The Bertz CT molecular complexity index is 500. The minimum absolute atomic E-state index is 0.0538. The van der Waals surface area contributed by atoms with Gasteiger partial charge in [-0.15, -0.1) is 0 Å². The Hall–Kier alpha value is -1.55. The Morgan fingerprint density at radius 3 is 2.69 bits per heavy atom. The summed E-state index contributed by atoms with van der Waals surface area (Å²) in [6, 6.07) is 4.74. The van der Waals surface area contributed by atoms with E-state index in [2.05, 4.69) is 17.2 Å². The predicted octanol–water partition coefficient (Wildman–Crippen LogP) is 1.95. The van der Waals surface area contributed by atoms with Crippen molar-refractivity contribution in [3.63, 3.8) is 0 Å². The monoisotopic (exact) mass is 329 g/mol. The first-order valence-electron chi connectivity index (χ1n) is 4.31. The van der Waals surface area contributed by atoms with Crippen LogP contribution >= 0.6 is 22.6 Å². The van der Waals surface area contributed by atoms with E-state index in [9.17, 15) is 9.59 Å². The molecule has 0 bridgehead atoms. The zero-order valence-electron chi connectivity index (χ0n) is 8.37. The molecule has 0 aliphatic heterocycles. The van der Waals surface area contributed by atoms with Crippen molar-refractivity contribution >= 4 is 40.2 Å². The van der Waals surface area contributed by atoms with Gasteiger partial charge in [-0.2, -0.15) is 0 Å². The van der Waals surface area contributed by atoms with Crippen molar-refractivity contribution in [3.8, 4) is 11.8 Å². The number of anilines is 1. The molecule has 0 aromatic heterocycles. The zero-order chi connectivity index (χ0) is 12.1. The van der Waals surface area contributed by atoms with Gasteiger partial charge in [0.1, 0.15) is 0 Å². The highest BCUT2D eigenvalue weighted by Crippen LogP contribution is 2.18. The first-order valence-corrected chi connectivity index (χ1v) is 5.39. The van der Waals surface area contributed by atoms with Crippen LogP contribution < -0.4 is 5.32 Å². The highest BCUT2D eigenvalue weighted by Gasteiger charge is 2.11. The van der Waals surface area contributed by atoms with E-state index in [0.29, 0.717) is 0 Å². The number of carboxylic acids is 1. The smallest absolute Gasteiger partial charge is 0.337 e. The van der Waals surface area contributed by atoms with E-state index >= 15 is 0 Å². The third-order valence-electron chi connectivity index (χ3n) is 1.70. The van der Waals surface area contributed by atoms with Crippen LogP contribution in [0.25, 0.3) is 0 Å². The number of hydrogen-bond acceptors (Lipinski definition) is 2. The van der Waals surface area contributed by atoms with Crippen LogP contribution in [0, 0.1) is 15.4 Å². The molecule has 0 fully saturated rings. The molecule has 1 aromatic rings. The fraction of sp³-hybridized carbons (Fsp3) is 0.0909. The van der Waals surface area contributed by atoms with Crippen molar-refractivity contribution in [2.75, 3.05) is 5.32 Å². The molecular formula is C11H8INO3. The predicted molar refractivity (Wildman–Crippen MR) is 68.2 cm³/mol. The second-order valence-corrected chi connectivity index (χ2v) is 4.07. The molecule has 0 aliphatic carbocycles. The number of carbonyl (C=O) groups excluding carboxylic acids is 1. The molecular weight excluding hydrogens is 321 g/mol. The third-order valence-corrected chi connectivity index (χ3v) is 2.37. The Kier molecular flexibility index (Phi) is 4.31. The van der Waals surface area contributed by atoms with Crippen LogP contribution in [0.2, 0.25) is 0 Å². The lowest BCUT2D eigenvalue weighted by Gasteiger charge is -2.05. The van der Waals surface area contributed by atoms with Gasteiger partial charge in [-0.05, 0) is 53.6 Å². The lowest BCUT2D eigenvalue weighted by Crippen LogP contribution is -2.12. The summed E-state index contributed by atoms with van der Waals surface area (Å²) < 4.78 is 0.787. The molecule has 2 N–H and O–H groups in total. The number of carboxylic acid groups (broad SMARTS) is 1. The summed E-state index contributed by atoms with van der Waals surface area (Å²) in [5, 5.41) is 11.4. The van der Waals surface area contributed by atoms with Gasteiger partial charge in [0.05, 0.1) is 11.3 Å². The average Bonchev–Trinajstić information content (AvgIpc) is 2.20. The van der Waals surface area contributed by atoms with E-state index in [1.54, 1.807) is 12.1 Å². The topological polar surface area (TPSA) is 66.4 Å². The Morgan fingerprint density at radius 1 is 1.44 bits per heavy atom. The maximum Gasteiger partial charge on any atom is 0.337 e. The lowest BCUT2D eigenvalue weighted by molar-refractivity contribution is -0.111. The van der Waals surface area contributed by atoms with Crippen LogP contribution in [0.3, 0.4) is 0 Å². The van der Waals surface area contributed by atoms with Crippen molar-refractivity contribution in [1.82, 2.24) is 0 Å². The van der Waals surface area contributed by atoms with Crippen molar-refractivity contribution in [1.29, 1.82) is 0 Å². The molecule has 1 amide bonds. The number of benzene rings is 1. The summed E-state index contributed by atoms with van der Waals surface area (Å²) in [6.07, 6.45) is 0. The van der Waals surface area contributed by atoms with E-state index < -0.39 is 11.9 Å². The lowest BCUT2D eigenvalue weighted by atomic mass is 10.2. The summed E-state index contributed by atoms with van der Waals surface area (Å²) in [7, 11) is 0. The summed E-state index contributed by atoms with van der Waals surface area (Å²) in [6.45, 7) is 1.53. The number of nitrogens with one attached hydrogen (secondary N) is 1. The molecule has 82 valence electrons. The van der Waals surface area contributed by atoms with Crippen LogP contribution in [-0.4, -0.2) is 17.0 Å². The van der Waals surface area contributed by atoms with Gasteiger partial charge in [0, 0.05) is 3.57 Å². The SMILES string of the molecule is CC#CC(=O)Nc1ccc(I)cc1C(=O)O. The van der Waals surface area contributed by atoms with E-state index in [-0.39, 0.29) is 11.3 Å². The minimum atomic E-state index is -1.08. The Morgan fingerprint density at radius 2 is 2.12 bits per heavy atom. The first kappa shape index (κ1) is 12.5. The standard InChI is InChI=1S/C11H8INO3/c1-2-3-10(14)13-9-5-4-7(12)6-8(9)11(15)16/h4-6H,1H3,(H,13,14)(H,15,16). The van der Waals surface area contributed by atoms with Crippen molar-refractivity contribution in [3.05, 3.63) is 27.3 Å². The van der Waals surface area contributed by atoms with E-state index in [1.807, 2.05) is 22.6 Å². The van der Waals surface area contributed by atoms with Gasteiger partial charge in [0.2, 0.25) is 0 Å². The maximum absolute atomic E-state index is 11.2. The fourth-order valence-electron chi connectivity index (χ4n) is 1.07. The molecule has 0 heterocycles. The van der Waals surface area contributed by atoms with Crippen LogP contribution in [-0.2, 0) is 4.79 Å². The highest BCUT2D eigenvalue weighted by molar-refractivity contribution is 14.1. The summed E-state index contributed by atoms with van der Waals surface area (Å²) in [5.41, 5.74) is 0.304. The van der Waals surface area contributed by atoms with E-state index in [0.717, 1.165) is 3.57 Å². The number of rotatable bonds is 2. The molecule has 0 radical (unpaired) electrons. The maximum atomic E-state index is 11.2. The van der Waals surface area contributed by atoms with Gasteiger partial charge in [-0.1, -0.05) is 5.92 Å². The molecule has 4 nitrogen and oxygen atoms in total. The second kappa shape index (κ2) is 5.51. The highest BCUT2D eigenvalue weighted by atomic mass is 127. The second-order valence-electron chi connectivity index (χ2n) is 2.82. The van der Waals surface area contributed by atoms with Gasteiger partial charge in [-0.3, -0.25) is 4.79 Å². The molecule has 0 saturated carbocycles. The molecule has 1 rings (SSSR count). The van der Waals surface area contributed by atoms with Crippen LogP contribution in [0.4, 0.5) is 5.69 Å². The normalized spacial score (nSPS) is 8.88. The van der Waals surface area contributed by atoms with Gasteiger partial charge in [-0.25, -0.2) is 4.79 Å². The molecule has 1 aromatic carbocycles. The Labute approximate surface area is 106 Å². The molecule has 5 heteroatoms. The number of amides is 1. The molecule has 0 saturated heterocycles. The summed E-state index contributed by atoms with van der Waals surface area (Å²) in [5.74, 6) is 3.11. The van der Waals surface area contributed by atoms with Crippen LogP contribution in [0.5, 0.6) is 0 Å². The molecule has 0 unspecified atom stereocenters. The molecule has 0 atom stereocenters. The third kappa shape index (κ3) is 3.24. The molecule has 0 aliphatic rings. The van der Waals surface area contributed by atoms with Crippen LogP contribution in [0.1, 0.15) is 17.3 Å². The van der Waals surface area contributed by atoms with Crippen LogP contribution in [0.15, 0.2) is 18.2 Å². The fourth-order valence-corrected chi connectivity index (χ4v) is 1.56. The number of hydrogen-bond donors (Lipinski definition) is 2. The molecule has 0 spiro atoms. The van der Waals surface area contributed by atoms with Gasteiger partial charge < -0.3 is 10.4 Å². The molecule has 16 heavy (non-hydrogen) atoms.